The molecular formula is C15H19N3. The van der Waals surface area contributed by atoms with Crippen LogP contribution in [0.5, 0.6) is 0 Å². The van der Waals surface area contributed by atoms with Crippen LogP contribution in [0.4, 0.5) is 5.69 Å². The molecule has 94 valence electrons. The van der Waals surface area contributed by atoms with Gasteiger partial charge in [0.2, 0.25) is 0 Å². The molecular weight excluding hydrogens is 222 g/mol. The average molecular weight is 241 g/mol. The molecule has 0 spiro atoms. The first-order chi connectivity index (χ1) is 8.84. The fourth-order valence-corrected chi connectivity index (χ4v) is 2.91. The summed E-state index contributed by atoms with van der Waals surface area (Å²) >= 11 is 0. The van der Waals surface area contributed by atoms with Crippen molar-refractivity contribution >= 4 is 16.6 Å². The van der Waals surface area contributed by atoms with Crippen LogP contribution in [0.2, 0.25) is 0 Å². The van der Waals surface area contributed by atoms with Crippen molar-refractivity contribution in [2.45, 2.75) is 26.2 Å². The maximum atomic E-state index is 4.15. The molecule has 2 aromatic rings. The van der Waals surface area contributed by atoms with Crippen LogP contribution >= 0.6 is 0 Å². The summed E-state index contributed by atoms with van der Waals surface area (Å²) in [6, 6.07) is 8.16. The van der Waals surface area contributed by atoms with Crippen molar-refractivity contribution in [1.82, 2.24) is 10.2 Å². The van der Waals surface area contributed by atoms with Crippen molar-refractivity contribution < 1.29 is 0 Å². The molecule has 1 heterocycles. The second kappa shape index (κ2) is 4.92. The van der Waals surface area contributed by atoms with Crippen LogP contribution in [0.3, 0.4) is 0 Å². The van der Waals surface area contributed by atoms with E-state index in [-0.39, 0.29) is 0 Å². The van der Waals surface area contributed by atoms with Crippen molar-refractivity contribution in [3.8, 4) is 0 Å². The van der Waals surface area contributed by atoms with Gasteiger partial charge in [0, 0.05) is 11.9 Å². The molecule has 18 heavy (non-hydrogen) atoms. The number of fused-ring (bicyclic) bond motifs is 1. The first-order valence-corrected chi connectivity index (χ1v) is 6.79. The monoisotopic (exact) mass is 241 g/mol. The summed E-state index contributed by atoms with van der Waals surface area (Å²) in [6.07, 6.45) is 5.94. The quantitative estimate of drug-likeness (QED) is 0.894. The van der Waals surface area contributed by atoms with Gasteiger partial charge in [0.05, 0.1) is 17.4 Å². The smallest absolute Gasteiger partial charge is 0.0950 e. The van der Waals surface area contributed by atoms with Crippen LogP contribution < -0.4 is 5.32 Å². The Bertz CT molecular complexity index is 533. The van der Waals surface area contributed by atoms with Gasteiger partial charge in [-0.1, -0.05) is 38.0 Å². The number of benzene rings is 1. The Morgan fingerprint density at radius 3 is 3.00 bits per heavy atom. The Hall–Kier alpha value is -1.64. The van der Waals surface area contributed by atoms with E-state index in [2.05, 4.69) is 28.5 Å². The third-order valence-electron chi connectivity index (χ3n) is 4.14. The maximum Gasteiger partial charge on any atom is 0.0950 e. The zero-order valence-electron chi connectivity index (χ0n) is 10.8. The van der Waals surface area contributed by atoms with Crippen LogP contribution in [0.15, 0.2) is 30.5 Å². The lowest BCUT2D eigenvalue weighted by molar-refractivity contribution is 0.440. The molecule has 1 aliphatic rings. The van der Waals surface area contributed by atoms with E-state index in [0.717, 1.165) is 35.0 Å². The standard InChI is InChI=1S/C15H19N3/c1-11-5-4-6-12(11)9-16-15-10-17-18-14-8-3-2-7-13(14)15/h2-3,7-8,10-12H,4-6,9H2,1H3,(H,16,18). The minimum absolute atomic E-state index is 0.803. The number of nitrogens with zero attached hydrogens (tertiary/aromatic N) is 2. The molecule has 0 bridgehead atoms. The van der Waals surface area contributed by atoms with Crippen LogP contribution in [-0.4, -0.2) is 16.7 Å². The molecule has 0 radical (unpaired) electrons. The summed E-state index contributed by atoms with van der Waals surface area (Å²) in [6.45, 7) is 3.42. The highest BCUT2D eigenvalue weighted by atomic mass is 15.1. The van der Waals surface area contributed by atoms with E-state index in [1.807, 2.05) is 24.4 Å². The number of hydrogen-bond acceptors (Lipinski definition) is 3. The summed E-state index contributed by atoms with van der Waals surface area (Å²) in [5, 5.41) is 12.9. The molecule has 1 saturated carbocycles. The van der Waals surface area contributed by atoms with E-state index in [0.29, 0.717) is 0 Å². The molecule has 1 N–H and O–H groups in total. The molecule has 0 saturated heterocycles. The van der Waals surface area contributed by atoms with Gasteiger partial charge in [0.25, 0.3) is 0 Å². The van der Waals surface area contributed by atoms with Gasteiger partial charge in [0.15, 0.2) is 0 Å². The van der Waals surface area contributed by atoms with Gasteiger partial charge < -0.3 is 5.32 Å². The molecule has 3 heteroatoms. The first-order valence-electron chi connectivity index (χ1n) is 6.79. The Morgan fingerprint density at radius 2 is 2.17 bits per heavy atom. The fourth-order valence-electron chi connectivity index (χ4n) is 2.91. The van der Waals surface area contributed by atoms with E-state index >= 15 is 0 Å². The van der Waals surface area contributed by atoms with E-state index in [9.17, 15) is 0 Å². The SMILES string of the molecule is CC1CCCC1CNc1cnnc2ccccc12. The topological polar surface area (TPSA) is 37.8 Å². The first kappa shape index (κ1) is 11.5. The van der Waals surface area contributed by atoms with Gasteiger partial charge in [-0.2, -0.15) is 10.2 Å². The van der Waals surface area contributed by atoms with Gasteiger partial charge in [-0.05, 0) is 24.3 Å². The molecule has 1 fully saturated rings. The van der Waals surface area contributed by atoms with Gasteiger partial charge in [-0.25, -0.2) is 0 Å². The lowest BCUT2D eigenvalue weighted by Crippen LogP contribution is -2.16. The average Bonchev–Trinajstić information content (AvgIpc) is 2.82. The maximum absolute atomic E-state index is 4.15. The van der Waals surface area contributed by atoms with Crippen LogP contribution in [0.1, 0.15) is 26.2 Å². The van der Waals surface area contributed by atoms with E-state index in [4.69, 9.17) is 0 Å². The Labute approximate surface area is 108 Å². The highest BCUT2D eigenvalue weighted by Crippen LogP contribution is 2.31. The van der Waals surface area contributed by atoms with E-state index < -0.39 is 0 Å². The summed E-state index contributed by atoms with van der Waals surface area (Å²) in [5.41, 5.74) is 2.07. The van der Waals surface area contributed by atoms with Gasteiger partial charge in [-0.3, -0.25) is 0 Å². The molecule has 1 aromatic carbocycles. The molecule has 3 nitrogen and oxygen atoms in total. The molecule has 2 atom stereocenters. The second-order valence-corrected chi connectivity index (χ2v) is 5.32. The number of rotatable bonds is 3. The highest BCUT2D eigenvalue weighted by Gasteiger charge is 2.22. The van der Waals surface area contributed by atoms with Crippen molar-refractivity contribution in [2.75, 3.05) is 11.9 Å². The minimum Gasteiger partial charge on any atom is -0.383 e. The Balaban J connectivity index is 1.78. The van der Waals surface area contributed by atoms with Gasteiger partial charge in [-0.15, -0.1) is 0 Å². The van der Waals surface area contributed by atoms with Crippen molar-refractivity contribution in [2.24, 2.45) is 11.8 Å². The van der Waals surface area contributed by atoms with Crippen LogP contribution in [0, 0.1) is 11.8 Å². The highest BCUT2D eigenvalue weighted by molar-refractivity contribution is 5.90. The molecule has 3 rings (SSSR count). The third-order valence-corrected chi connectivity index (χ3v) is 4.14. The van der Waals surface area contributed by atoms with Crippen molar-refractivity contribution in [3.05, 3.63) is 30.5 Å². The molecule has 0 amide bonds. The molecule has 1 aromatic heterocycles. The van der Waals surface area contributed by atoms with E-state index in [1.165, 1.54) is 19.3 Å². The normalized spacial score (nSPS) is 23.4. The third kappa shape index (κ3) is 2.17. The predicted molar refractivity (Wildman–Crippen MR) is 74.5 cm³/mol. The zero-order chi connectivity index (χ0) is 12.4. The molecule has 1 aliphatic carbocycles. The number of hydrogen-bond donors (Lipinski definition) is 1. The predicted octanol–water partition coefficient (Wildman–Crippen LogP) is 3.48. The van der Waals surface area contributed by atoms with E-state index in [1.54, 1.807) is 0 Å². The lowest BCUT2D eigenvalue weighted by Gasteiger charge is -2.17. The lowest BCUT2D eigenvalue weighted by atomic mass is 9.98. The summed E-state index contributed by atoms with van der Waals surface area (Å²) in [7, 11) is 0. The fraction of sp³-hybridized carbons (Fsp3) is 0.467. The summed E-state index contributed by atoms with van der Waals surface area (Å²) < 4.78 is 0. The Morgan fingerprint density at radius 1 is 1.28 bits per heavy atom. The summed E-state index contributed by atoms with van der Waals surface area (Å²) in [5.74, 6) is 1.65. The number of anilines is 1. The van der Waals surface area contributed by atoms with Crippen LogP contribution in [-0.2, 0) is 0 Å². The minimum atomic E-state index is 0.803. The van der Waals surface area contributed by atoms with Gasteiger partial charge >= 0.3 is 0 Å². The van der Waals surface area contributed by atoms with Crippen LogP contribution in [0.25, 0.3) is 10.9 Å². The second-order valence-electron chi connectivity index (χ2n) is 5.32. The Kier molecular flexibility index (Phi) is 3.13. The zero-order valence-corrected chi connectivity index (χ0v) is 10.8. The number of aromatic nitrogens is 2. The largest absolute Gasteiger partial charge is 0.383 e. The van der Waals surface area contributed by atoms with Crippen molar-refractivity contribution in [1.29, 1.82) is 0 Å². The number of nitrogens with one attached hydrogen (secondary N) is 1. The molecule has 0 aliphatic heterocycles. The summed E-state index contributed by atoms with van der Waals surface area (Å²) in [4.78, 5) is 0. The van der Waals surface area contributed by atoms with Crippen molar-refractivity contribution in [3.63, 3.8) is 0 Å². The molecule has 2 unspecified atom stereocenters. The van der Waals surface area contributed by atoms with Gasteiger partial charge in [0.1, 0.15) is 0 Å².